The molecule has 0 aliphatic carbocycles. The van der Waals surface area contributed by atoms with Crippen molar-refractivity contribution in [3.63, 3.8) is 0 Å². The number of hydrogen-bond donors (Lipinski definition) is 0. The van der Waals surface area contributed by atoms with Gasteiger partial charge in [-0.15, -0.1) is 0 Å². The molecular weight excluding hydrogens is 358 g/mol. The van der Waals surface area contributed by atoms with Crippen LogP contribution >= 0.6 is 0 Å². The topological polar surface area (TPSA) is 70.2 Å². The van der Waals surface area contributed by atoms with Crippen LogP contribution in [0.4, 0.5) is 4.79 Å². The highest BCUT2D eigenvalue weighted by atomic mass is 16.6. The summed E-state index contributed by atoms with van der Waals surface area (Å²) in [4.78, 5) is 42.7. The molecule has 2 atom stereocenters. The van der Waals surface area contributed by atoms with Gasteiger partial charge in [-0.3, -0.25) is 19.4 Å². The largest absolute Gasteiger partial charge is 0.444 e. The summed E-state index contributed by atoms with van der Waals surface area (Å²) in [6.07, 6.45) is -0.300. The Morgan fingerprint density at radius 1 is 1.00 bits per heavy atom. The fourth-order valence-electron chi connectivity index (χ4n) is 3.93. The second kappa shape index (κ2) is 7.54. The first-order valence-corrected chi connectivity index (χ1v) is 9.77. The van der Waals surface area contributed by atoms with Gasteiger partial charge in [0.15, 0.2) is 0 Å². The number of nitrogens with zero attached hydrogens (tertiary/aromatic N) is 3. The highest BCUT2D eigenvalue weighted by Gasteiger charge is 2.37. The number of amides is 3. The van der Waals surface area contributed by atoms with Crippen molar-refractivity contribution < 1.29 is 19.1 Å². The summed E-state index contributed by atoms with van der Waals surface area (Å²) in [7, 11) is 0. The smallest absolute Gasteiger partial charge is 0.410 e. The quantitative estimate of drug-likeness (QED) is 0.746. The standard InChI is InChI=1S/C21H29N3O4/c1-14-12-22(20(27)28-21(3,4)5)13-15(2)23(14)10-11-24-18(25)16-8-6-7-9-17(16)19(24)26/h6-9,14-15H,10-13H2,1-5H3/t14-,15+. The Kier molecular flexibility index (Phi) is 5.48. The highest BCUT2D eigenvalue weighted by Crippen LogP contribution is 2.23. The van der Waals surface area contributed by atoms with Crippen LogP contribution in [0.5, 0.6) is 0 Å². The van der Waals surface area contributed by atoms with E-state index in [1.165, 1.54) is 4.90 Å². The minimum atomic E-state index is -0.522. The third-order valence-electron chi connectivity index (χ3n) is 5.21. The lowest BCUT2D eigenvalue weighted by Crippen LogP contribution is -2.59. The van der Waals surface area contributed by atoms with Crippen LogP contribution in [0.15, 0.2) is 24.3 Å². The molecule has 0 saturated carbocycles. The zero-order valence-electron chi connectivity index (χ0n) is 17.3. The summed E-state index contributed by atoms with van der Waals surface area (Å²) in [5.74, 6) is -0.457. The molecule has 0 aromatic heterocycles. The Hall–Kier alpha value is -2.41. The maximum absolute atomic E-state index is 12.5. The minimum absolute atomic E-state index is 0.103. The van der Waals surface area contributed by atoms with Crippen molar-refractivity contribution in [2.24, 2.45) is 0 Å². The summed E-state index contributed by atoms with van der Waals surface area (Å²) in [6.45, 7) is 11.7. The molecule has 2 aliphatic rings. The van der Waals surface area contributed by atoms with Crippen molar-refractivity contribution in [2.45, 2.75) is 52.3 Å². The SMILES string of the molecule is C[C@@H]1CN(C(=O)OC(C)(C)C)C[C@H](C)N1CCN1C(=O)c2ccccc2C1=O. The number of benzene rings is 1. The Bertz CT molecular complexity index is 739. The number of rotatable bonds is 3. The van der Waals surface area contributed by atoms with Crippen molar-refractivity contribution in [3.05, 3.63) is 35.4 Å². The summed E-state index contributed by atoms with van der Waals surface area (Å²) < 4.78 is 5.49. The fraction of sp³-hybridized carbons (Fsp3) is 0.571. The van der Waals surface area contributed by atoms with Gasteiger partial charge in [0.05, 0.1) is 11.1 Å². The zero-order chi connectivity index (χ0) is 20.6. The molecule has 2 aliphatic heterocycles. The molecule has 0 N–H and O–H groups in total. The van der Waals surface area contributed by atoms with E-state index in [-0.39, 0.29) is 30.0 Å². The van der Waals surface area contributed by atoms with Gasteiger partial charge in [-0.05, 0) is 46.8 Å². The van der Waals surface area contributed by atoms with Gasteiger partial charge in [0.2, 0.25) is 0 Å². The highest BCUT2D eigenvalue weighted by molar-refractivity contribution is 6.21. The van der Waals surface area contributed by atoms with Gasteiger partial charge in [-0.2, -0.15) is 0 Å². The first kappa shape index (κ1) is 20.3. The van der Waals surface area contributed by atoms with Crippen molar-refractivity contribution in [2.75, 3.05) is 26.2 Å². The lowest BCUT2D eigenvalue weighted by Gasteiger charge is -2.44. The molecule has 3 rings (SSSR count). The third-order valence-corrected chi connectivity index (χ3v) is 5.21. The van der Waals surface area contributed by atoms with Crippen LogP contribution in [0.25, 0.3) is 0 Å². The van der Waals surface area contributed by atoms with E-state index < -0.39 is 5.60 Å². The van der Waals surface area contributed by atoms with E-state index in [1.54, 1.807) is 29.2 Å². The fourth-order valence-corrected chi connectivity index (χ4v) is 3.93. The predicted molar refractivity (Wildman–Crippen MR) is 105 cm³/mol. The van der Waals surface area contributed by atoms with Crippen LogP contribution in [0.1, 0.15) is 55.3 Å². The van der Waals surface area contributed by atoms with Gasteiger partial charge in [0.25, 0.3) is 11.8 Å². The van der Waals surface area contributed by atoms with Gasteiger partial charge in [0, 0.05) is 38.3 Å². The first-order chi connectivity index (χ1) is 13.1. The van der Waals surface area contributed by atoms with Crippen LogP contribution in [0.2, 0.25) is 0 Å². The van der Waals surface area contributed by atoms with Crippen LogP contribution in [0.3, 0.4) is 0 Å². The molecule has 1 aromatic carbocycles. The molecule has 7 nitrogen and oxygen atoms in total. The monoisotopic (exact) mass is 387 g/mol. The second-order valence-corrected chi connectivity index (χ2v) is 8.63. The number of carbonyl (C=O) groups is 3. The van der Waals surface area contributed by atoms with E-state index >= 15 is 0 Å². The first-order valence-electron chi connectivity index (χ1n) is 9.77. The minimum Gasteiger partial charge on any atom is -0.444 e. The van der Waals surface area contributed by atoms with Gasteiger partial charge in [-0.25, -0.2) is 4.79 Å². The number of fused-ring (bicyclic) bond motifs is 1. The second-order valence-electron chi connectivity index (χ2n) is 8.63. The number of piperazine rings is 1. The molecule has 152 valence electrons. The molecular formula is C21H29N3O4. The average molecular weight is 387 g/mol. The number of carbonyl (C=O) groups excluding carboxylic acids is 3. The molecule has 1 fully saturated rings. The Morgan fingerprint density at radius 3 is 1.96 bits per heavy atom. The summed E-state index contributed by atoms with van der Waals surface area (Å²) >= 11 is 0. The maximum Gasteiger partial charge on any atom is 0.410 e. The average Bonchev–Trinajstić information content (AvgIpc) is 2.84. The molecule has 7 heteroatoms. The maximum atomic E-state index is 12.5. The van der Waals surface area contributed by atoms with Crippen molar-refractivity contribution >= 4 is 17.9 Å². The third kappa shape index (κ3) is 4.04. The van der Waals surface area contributed by atoms with E-state index in [0.717, 1.165) is 0 Å². The summed E-state index contributed by atoms with van der Waals surface area (Å²) in [5, 5.41) is 0. The van der Waals surface area contributed by atoms with E-state index in [2.05, 4.69) is 18.7 Å². The van der Waals surface area contributed by atoms with Crippen LogP contribution in [0, 0.1) is 0 Å². The van der Waals surface area contributed by atoms with Crippen molar-refractivity contribution in [3.8, 4) is 0 Å². The molecule has 3 amide bonds. The van der Waals surface area contributed by atoms with Crippen molar-refractivity contribution in [1.29, 1.82) is 0 Å². The lowest BCUT2D eigenvalue weighted by atomic mass is 10.1. The van der Waals surface area contributed by atoms with Gasteiger partial charge < -0.3 is 9.64 Å². The van der Waals surface area contributed by atoms with Crippen molar-refractivity contribution in [1.82, 2.24) is 14.7 Å². The van der Waals surface area contributed by atoms with Crippen LogP contribution in [-0.2, 0) is 4.74 Å². The number of imide groups is 1. The molecule has 28 heavy (non-hydrogen) atoms. The Labute approximate surface area is 166 Å². The molecule has 0 bridgehead atoms. The van der Waals surface area contributed by atoms with Crippen LogP contribution in [-0.4, -0.2) is 76.5 Å². The molecule has 2 heterocycles. The predicted octanol–water partition coefficient (Wildman–Crippen LogP) is 2.61. The Morgan fingerprint density at radius 2 is 1.50 bits per heavy atom. The van der Waals surface area contributed by atoms with E-state index in [0.29, 0.717) is 37.3 Å². The molecule has 1 saturated heterocycles. The van der Waals surface area contributed by atoms with E-state index in [1.807, 2.05) is 20.8 Å². The van der Waals surface area contributed by atoms with Gasteiger partial charge >= 0.3 is 6.09 Å². The lowest BCUT2D eigenvalue weighted by molar-refractivity contribution is -0.00854. The van der Waals surface area contributed by atoms with Gasteiger partial charge in [-0.1, -0.05) is 12.1 Å². The number of hydrogen-bond acceptors (Lipinski definition) is 5. The molecule has 0 unspecified atom stereocenters. The van der Waals surface area contributed by atoms with Gasteiger partial charge in [0.1, 0.15) is 5.60 Å². The normalized spacial score (nSPS) is 23.2. The molecule has 1 aromatic rings. The Balaban J connectivity index is 1.60. The van der Waals surface area contributed by atoms with Crippen LogP contribution < -0.4 is 0 Å². The zero-order valence-corrected chi connectivity index (χ0v) is 17.3. The summed E-state index contributed by atoms with van der Waals surface area (Å²) in [6, 6.07) is 7.14. The van der Waals surface area contributed by atoms with E-state index in [9.17, 15) is 14.4 Å². The van der Waals surface area contributed by atoms with E-state index in [4.69, 9.17) is 4.74 Å². The number of ether oxygens (including phenoxy) is 1. The molecule has 0 radical (unpaired) electrons. The molecule has 0 spiro atoms. The summed E-state index contributed by atoms with van der Waals surface area (Å²) in [5.41, 5.74) is 0.429.